The van der Waals surface area contributed by atoms with Crippen molar-refractivity contribution in [1.82, 2.24) is 0 Å². The average molecular weight is 393 g/mol. The Labute approximate surface area is 168 Å². The highest BCUT2D eigenvalue weighted by molar-refractivity contribution is 7.56. The van der Waals surface area contributed by atoms with Crippen molar-refractivity contribution >= 4 is 25.4 Å². The number of nitrogens with zero attached hydrogens (tertiary/aromatic N) is 1. The van der Waals surface area contributed by atoms with Crippen molar-refractivity contribution in [3.8, 4) is 17.2 Å². The molecule has 0 aliphatic rings. The summed E-state index contributed by atoms with van der Waals surface area (Å²) in [6.45, 7) is 0.471. The van der Waals surface area contributed by atoms with E-state index in [9.17, 15) is 0 Å². The fourth-order valence-corrected chi connectivity index (χ4v) is 4.11. The fraction of sp³-hybridized carbons (Fsp3) is 0.174. The molecule has 0 saturated carbocycles. The maximum atomic E-state index is 6.21. The maximum absolute atomic E-state index is 6.21. The summed E-state index contributed by atoms with van der Waals surface area (Å²) in [6, 6.07) is 22.2. The van der Waals surface area contributed by atoms with E-state index in [4.69, 9.17) is 14.2 Å². The summed E-state index contributed by atoms with van der Waals surface area (Å²) in [6.07, 6.45) is 1.88. The van der Waals surface area contributed by atoms with Crippen molar-refractivity contribution in [2.24, 2.45) is 4.99 Å². The number of ether oxygens (including phenoxy) is 3. The zero-order valence-corrected chi connectivity index (χ0v) is 17.3. The highest BCUT2D eigenvalue weighted by Crippen LogP contribution is 2.34. The third kappa shape index (κ3) is 4.90. The van der Waals surface area contributed by atoms with Crippen molar-refractivity contribution < 1.29 is 14.2 Å². The predicted molar refractivity (Wildman–Crippen MR) is 118 cm³/mol. The maximum Gasteiger partial charge on any atom is 0.169 e. The van der Waals surface area contributed by atoms with Crippen molar-refractivity contribution in [3.63, 3.8) is 0 Å². The number of aliphatic imine (C=N–C) groups is 1. The van der Waals surface area contributed by atoms with Gasteiger partial charge in [0.25, 0.3) is 0 Å². The van der Waals surface area contributed by atoms with Crippen LogP contribution in [0.1, 0.15) is 11.1 Å². The summed E-state index contributed by atoms with van der Waals surface area (Å²) >= 11 is 0. The van der Waals surface area contributed by atoms with Crippen LogP contribution in [-0.4, -0.2) is 27.5 Å². The Kier molecular flexibility index (Phi) is 7.05. The normalized spacial score (nSPS) is 11.2. The first-order valence-corrected chi connectivity index (χ1v) is 9.96. The number of rotatable bonds is 8. The van der Waals surface area contributed by atoms with Crippen LogP contribution in [0.3, 0.4) is 0 Å². The van der Waals surface area contributed by atoms with Crippen LogP contribution in [0.15, 0.2) is 71.7 Å². The van der Waals surface area contributed by atoms with Gasteiger partial charge >= 0.3 is 0 Å². The second-order valence-electron chi connectivity index (χ2n) is 6.08. The van der Waals surface area contributed by atoms with Crippen LogP contribution in [0.2, 0.25) is 0 Å². The van der Waals surface area contributed by atoms with Gasteiger partial charge in [-0.2, -0.15) is 0 Å². The summed E-state index contributed by atoms with van der Waals surface area (Å²) in [7, 11) is 5.46. The minimum absolute atomic E-state index is 0.374. The Balaban J connectivity index is 1.98. The highest BCUT2D eigenvalue weighted by Gasteiger charge is 2.16. The molecule has 0 heterocycles. The third-order valence-electron chi connectivity index (χ3n) is 4.21. The lowest BCUT2D eigenvalue weighted by molar-refractivity contribution is 0.286. The molecule has 1 unspecified atom stereocenters. The first kappa shape index (κ1) is 19.9. The van der Waals surface area contributed by atoms with Crippen LogP contribution < -0.4 is 24.8 Å². The van der Waals surface area contributed by atoms with Crippen LogP contribution in [0, 0.1) is 0 Å². The van der Waals surface area contributed by atoms with E-state index in [0.717, 1.165) is 27.9 Å². The first-order chi connectivity index (χ1) is 13.7. The molecule has 3 aromatic carbocycles. The SMILES string of the molecule is C/N=C/c1ccccc1Pc1cc(OC)cc(OC)c1OCc1ccccc1. The molecule has 3 rings (SSSR count). The second-order valence-corrected chi connectivity index (χ2v) is 7.41. The Morgan fingerprint density at radius 2 is 1.64 bits per heavy atom. The van der Waals surface area contributed by atoms with Gasteiger partial charge in [-0.15, -0.1) is 0 Å². The summed E-state index contributed by atoms with van der Waals surface area (Å²) in [5.41, 5.74) is 2.20. The van der Waals surface area contributed by atoms with Gasteiger partial charge in [-0.05, 0) is 22.5 Å². The molecule has 0 aliphatic heterocycles. The Bertz CT molecular complexity index is 942. The van der Waals surface area contributed by atoms with Crippen LogP contribution >= 0.6 is 8.58 Å². The zero-order chi connectivity index (χ0) is 19.8. The predicted octanol–water partition coefficient (Wildman–Crippen LogP) is 3.96. The zero-order valence-electron chi connectivity index (χ0n) is 16.3. The van der Waals surface area contributed by atoms with Crippen LogP contribution in [0.4, 0.5) is 0 Å². The van der Waals surface area contributed by atoms with E-state index in [-0.39, 0.29) is 0 Å². The Morgan fingerprint density at radius 1 is 0.893 bits per heavy atom. The number of hydrogen-bond acceptors (Lipinski definition) is 4. The summed E-state index contributed by atoms with van der Waals surface area (Å²) in [5.74, 6) is 2.15. The molecular formula is C23H24NO3P. The Morgan fingerprint density at radius 3 is 2.36 bits per heavy atom. The molecule has 0 aliphatic carbocycles. The quantitative estimate of drug-likeness (QED) is 0.430. The molecule has 0 saturated heterocycles. The van der Waals surface area contributed by atoms with Gasteiger partial charge in [0.2, 0.25) is 0 Å². The van der Waals surface area contributed by atoms with Gasteiger partial charge in [0.1, 0.15) is 12.4 Å². The molecule has 144 valence electrons. The van der Waals surface area contributed by atoms with Crippen molar-refractivity contribution in [3.05, 3.63) is 77.9 Å². The van der Waals surface area contributed by atoms with Crippen molar-refractivity contribution in [1.29, 1.82) is 0 Å². The van der Waals surface area contributed by atoms with Crippen LogP contribution in [-0.2, 0) is 6.61 Å². The van der Waals surface area contributed by atoms with E-state index in [1.807, 2.05) is 60.8 Å². The van der Waals surface area contributed by atoms with E-state index in [0.29, 0.717) is 20.9 Å². The van der Waals surface area contributed by atoms with Gasteiger partial charge in [-0.25, -0.2) is 0 Å². The smallest absolute Gasteiger partial charge is 0.169 e. The lowest BCUT2D eigenvalue weighted by Gasteiger charge is -2.17. The monoisotopic (exact) mass is 393 g/mol. The topological polar surface area (TPSA) is 40.0 Å². The van der Waals surface area contributed by atoms with Crippen molar-refractivity contribution in [2.45, 2.75) is 6.61 Å². The van der Waals surface area contributed by atoms with E-state index >= 15 is 0 Å². The van der Waals surface area contributed by atoms with Gasteiger partial charge in [-0.3, -0.25) is 4.99 Å². The fourth-order valence-electron chi connectivity index (χ4n) is 2.83. The van der Waals surface area contributed by atoms with Gasteiger partial charge in [0, 0.05) is 24.6 Å². The molecular weight excluding hydrogens is 369 g/mol. The second kappa shape index (κ2) is 9.91. The molecule has 0 bridgehead atoms. The van der Waals surface area contributed by atoms with Crippen LogP contribution in [0.25, 0.3) is 0 Å². The van der Waals surface area contributed by atoms with E-state index < -0.39 is 0 Å². The molecule has 0 amide bonds. The van der Waals surface area contributed by atoms with E-state index in [1.165, 1.54) is 5.30 Å². The van der Waals surface area contributed by atoms with E-state index in [2.05, 4.69) is 17.1 Å². The number of hydrogen-bond donors (Lipinski definition) is 0. The van der Waals surface area contributed by atoms with Crippen LogP contribution in [0.5, 0.6) is 17.2 Å². The summed E-state index contributed by atoms with van der Waals surface area (Å²) in [5, 5.41) is 2.22. The lowest BCUT2D eigenvalue weighted by Crippen LogP contribution is -2.13. The number of methoxy groups -OCH3 is 2. The molecule has 4 nitrogen and oxygen atoms in total. The molecule has 0 radical (unpaired) electrons. The van der Waals surface area contributed by atoms with E-state index in [1.54, 1.807) is 21.3 Å². The third-order valence-corrected chi connectivity index (χ3v) is 5.57. The van der Waals surface area contributed by atoms with Gasteiger partial charge in [-0.1, -0.05) is 63.2 Å². The summed E-state index contributed by atoms with van der Waals surface area (Å²) in [4.78, 5) is 4.17. The molecule has 28 heavy (non-hydrogen) atoms. The average Bonchev–Trinajstić information content (AvgIpc) is 2.74. The molecule has 5 heteroatoms. The Hall–Kier alpha value is -2.84. The first-order valence-electron chi connectivity index (χ1n) is 8.96. The molecule has 0 aromatic heterocycles. The minimum Gasteiger partial charge on any atom is -0.497 e. The van der Waals surface area contributed by atoms with Gasteiger partial charge in [0.15, 0.2) is 11.5 Å². The van der Waals surface area contributed by atoms with Gasteiger partial charge < -0.3 is 14.2 Å². The van der Waals surface area contributed by atoms with Gasteiger partial charge in [0.05, 0.1) is 14.2 Å². The highest BCUT2D eigenvalue weighted by atomic mass is 31.1. The molecule has 1 atom stereocenters. The van der Waals surface area contributed by atoms with Crippen molar-refractivity contribution in [2.75, 3.05) is 21.3 Å². The molecule has 0 N–H and O–H groups in total. The largest absolute Gasteiger partial charge is 0.497 e. The minimum atomic E-state index is 0.374. The molecule has 0 fully saturated rings. The molecule has 3 aromatic rings. The lowest BCUT2D eigenvalue weighted by atomic mass is 10.2. The number of benzene rings is 3. The standard InChI is InChI=1S/C23H24NO3P/c1-24-15-18-11-7-8-12-21(18)28-22-14-19(25-2)13-20(26-3)23(22)27-16-17-9-5-4-6-10-17/h4-15,28H,16H2,1-3H3/b24-15+. The summed E-state index contributed by atoms with van der Waals surface area (Å²) < 4.78 is 17.3. The molecule has 0 spiro atoms.